The van der Waals surface area contributed by atoms with E-state index in [1.54, 1.807) is 18.0 Å². The number of anilines is 1. The van der Waals surface area contributed by atoms with Crippen LogP contribution in [-0.4, -0.2) is 57.9 Å². The van der Waals surface area contributed by atoms with Crippen LogP contribution in [0, 0.1) is 6.92 Å². The van der Waals surface area contributed by atoms with E-state index in [0.717, 1.165) is 48.8 Å². The third-order valence-corrected chi connectivity index (χ3v) is 5.94. The first-order valence-electron chi connectivity index (χ1n) is 10.4. The zero-order chi connectivity index (χ0) is 20.8. The maximum Gasteiger partial charge on any atom is 0.197 e. The molecular weight excluding hydrogens is 378 g/mol. The Kier molecular flexibility index (Phi) is 4.58. The molecule has 4 aromatic heterocycles. The number of H-pyrrole nitrogens is 1. The highest BCUT2D eigenvalue weighted by molar-refractivity contribution is 5.95. The average Bonchev–Trinajstić information content (AvgIpc) is 3.39. The fourth-order valence-electron chi connectivity index (χ4n) is 4.55. The number of rotatable bonds is 4. The zero-order valence-electron chi connectivity index (χ0n) is 17.9. The number of hydrogen-bond donors (Lipinski definition) is 2. The Bertz CT molecular complexity index is 1220. The standard InChI is InChI=1S/C22H27N7O/c1-13(2)18-19-14(3)21(28-7-5-23-6-8-28)24-10-16(19)27-20(18)15-9-17(30-4)22-25-12-26-29(22)11-15/h9-13,23,27H,5-8H2,1-4H3. The Morgan fingerprint density at radius 2 is 1.97 bits per heavy atom. The van der Waals surface area contributed by atoms with Gasteiger partial charge >= 0.3 is 0 Å². The van der Waals surface area contributed by atoms with Crippen LogP contribution in [-0.2, 0) is 0 Å². The summed E-state index contributed by atoms with van der Waals surface area (Å²) in [6, 6.07) is 2.03. The van der Waals surface area contributed by atoms with E-state index in [-0.39, 0.29) is 0 Å². The number of aromatic amines is 1. The first-order valence-corrected chi connectivity index (χ1v) is 10.4. The summed E-state index contributed by atoms with van der Waals surface area (Å²) < 4.78 is 7.35. The number of nitrogens with zero attached hydrogens (tertiary/aromatic N) is 5. The van der Waals surface area contributed by atoms with Gasteiger partial charge in [0.1, 0.15) is 12.1 Å². The molecular formula is C22H27N7O. The number of pyridine rings is 2. The Morgan fingerprint density at radius 3 is 2.70 bits per heavy atom. The normalized spacial score (nSPS) is 14.9. The monoisotopic (exact) mass is 405 g/mol. The van der Waals surface area contributed by atoms with Crippen LogP contribution in [0.2, 0.25) is 0 Å². The molecule has 156 valence electrons. The number of fused-ring (bicyclic) bond motifs is 2. The van der Waals surface area contributed by atoms with Gasteiger partial charge in [-0.3, -0.25) is 0 Å². The molecule has 0 radical (unpaired) electrons. The lowest BCUT2D eigenvalue weighted by atomic mass is 9.95. The van der Waals surface area contributed by atoms with Gasteiger partial charge < -0.3 is 19.9 Å². The predicted octanol–water partition coefficient (Wildman–Crippen LogP) is 3.12. The molecule has 0 spiro atoms. The molecule has 1 aliphatic rings. The minimum Gasteiger partial charge on any atom is -0.493 e. The van der Waals surface area contributed by atoms with Crippen LogP contribution in [0.1, 0.15) is 30.9 Å². The second-order valence-corrected chi connectivity index (χ2v) is 8.13. The van der Waals surface area contributed by atoms with Crippen molar-refractivity contribution in [2.45, 2.75) is 26.7 Å². The Balaban J connectivity index is 1.73. The van der Waals surface area contributed by atoms with Crippen LogP contribution >= 0.6 is 0 Å². The van der Waals surface area contributed by atoms with E-state index in [4.69, 9.17) is 9.72 Å². The summed E-state index contributed by atoms with van der Waals surface area (Å²) >= 11 is 0. The molecule has 0 atom stereocenters. The van der Waals surface area contributed by atoms with E-state index in [9.17, 15) is 0 Å². The van der Waals surface area contributed by atoms with E-state index in [1.807, 2.05) is 18.5 Å². The molecule has 8 nitrogen and oxygen atoms in total. The summed E-state index contributed by atoms with van der Waals surface area (Å²) in [5, 5.41) is 9.01. The van der Waals surface area contributed by atoms with Gasteiger partial charge in [-0.2, -0.15) is 5.10 Å². The van der Waals surface area contributed by atoms with Gasteiger partial charge in [0, 0.05) is 48.9 Å². The first-order chi connectivity index (χ1) is 14.6. The van der Waals surface area contributed by atoms with Crippen LogP contribution in [0.4, 0.5) is 5.82 Å². The molecule has 0 aromatic carbocycles. The van der Waals surface area contributed by atoms with E-state index in [2.05, 4.69) is 46.1 Å². The van der Waals surface area contributed by atoms with Crippen molar-refractivity contribution in [2.75, 3.05) is 38.2 Å². The number of piperazine rings is 1. The van der Waals surface area contributed by atoms with Crippen molar-refractivity contribution in [3.05, 3.63) is 35.9 Å². The Labute approximate surface area is 175 Å². The van der Waals surface area contributed by atoms with Crippen LogP contribution < -0.4 is 15.0 Å². The van der Waals surface area contributed by atoms with Crippen LogP contribution in [0.25, 0.3) is 27.8 Å². The van der Waals surface area contributed by atoms with Crippen molar-refractivity contribution >= 4 is 22.4 Å². The number of methoxy groups -OCH3 is 1. The molecule has 0 saturated carbocycles. The number of nitrogens with one attached hydrogen (secondary N) is 2. The fraction of sp³-hybridized carbons (Fsp3) is 0.409. The number of aromatic nitrogens is 5. The van der Waals surface area contributed by atoms with E-state index >= 15 is 0 Å². The van der Waals surface area contributed by atoms with Gasteiger partial charge in [-0.1, -0.05) is 13.8 Å². The molecule has 0 amide bonds. The second-order valence-electron chi connectivity index (χ2n) is 8.13. The van der Waals surface area contributed by atoms with Gasteiger partial charge in [-0.25, -0.2) is 14.5 Å². The van der Waals surface area contributed by atoms with Crippen molar-refractivity contribution in [2.24, 2.45) is 0 Å². The fourth-order valence-corrected chi connectivity index (χ4v) is 4.55. The van der Waals surface area contributed by atoms with Gasteiger partial charge in [0.05, 0.1) is 24.5 Å². The van der Waals surface area contributed by atoms with Crippen molar-refractivity contribution in [1.82, 2.24) is 29.9 Å². The molecule has 1 saturated heterocycles. The molecule has 0 unspecified atom stereocenters. The number of ether oxygens (including phenoxy) is 1. The van der Waals surface area contributed by atoms with Crippen molar-refractivity contribution in [3.63, 3.8) is 0 Å². The van der Waals surface area contributed by atoms with E-state index in [0.29, 0.717) is 17.3 Å². The summed E-state index contributed by atoms with van der Waals surface area (Å²) in [5.41, 5.74) is 6.40. The van der Waals surface area contributed by atoms with Gasteiger partial charge in [-0.05, 0) is 24.5 Å². The van der Waals surface area contributed by atoms with Crippen LogP contribution in [0.3, 0.4) is 0 Å². The molecule has 0 bridgehead atoms. The van der Waals surface area contributed by atoms with Gasteiger partial charge in [0.15, 0.2) is 11.4 Å². The minimum atomic E-state index is 0.336. The predicted molar refractivity (Wildman–Crippen MR) is 119 cm³/mol. The summed E-state index contributed by atoms with van der Waals surface area (Å²) in [6.45, 7) is 10.6. The molecule has 30 heavy (non-hydrogen) atoms. The maximum atomic E-state index is 5.58. The highest BCUT2D eigenvalue weighted by Gasteiger charge is 2.23. The van der Waals surface area contributed by atoms with Crippen molar-refractivity contribution in [3.8, 4) is 17.0 Å². The number of aryl methyl sites for hydroxylation is 1. The van der Waals surface area contributed by atoms with Gasteiger partial charge in [0.2, 0.25) is 0 Å². The topological polar surface area (TPSA) is 83.4 Å². The van der Waals surface area contributed by atoms with Crippen molar-refractivity contribution in [1.29, 1.82) is 0 Å². The molecule has 1 fully saturated rings. The summed E-state index contributed by atoms with van der Waals surface area (Å²) in [4.78, 5) is 15.1. The lowest BCUT2D eigenvalue weighted by molar-refractivity contribution is 0.416. The third kappa shape index (κ3) is 2.90. The molecule has 8 heteroatoms. The summed E-state index contributed by atoms with van der Waals surface area (Å²) in [6.07, 6.45) is 5.52. The van der Waals surface area contributed by atoms with E-state index in [1.165, 1.54) is 16.5 Å². The second kappa shape index (κ2) is 7.28. The smallest absolute Gasteiger partial charge is 0.197 e. The average molecular weight is 406 g/mol. The van der Waals surface area contributed by atoms with Gasteiger partial charge in [-0.15, -0.1) is 0 Å². The van der Waals surface area contributed by atoms with E-state index < -0.39 is 0 Å². The zero-order valence-corrected chi connectivity index (χ0v) is 17.9. The molecule has 2 N–H and O–H groups in total. The minimum absolute atomic E-state index is 0.336. The van der Waals surface area contributed by atoms with Gasteiger partial charge in [0.25, 0.3) is 0 Å². The molecule has 1 aliphatic heterocycles. The quantitative estimate of drug-likeness (QED) is 0.543. The van der Waals surface area contributed by atoms with Crippen molar-refractivity contribution < 1.29 is 4.74 Å². The summed E-state index contributed by atoms with van der Waals surface area (Å²) in [5.74, 6) is 2.12. The Hall–Kier alpha value is -3.13. The maximum absolute atomic E-state index is 5.58. The number of hydrogen-bond acceptors (Lipinski definition) is 6. The third-order valence-electron chi connectivity index (χ3n) is 5.94. The van der Waals surface area contributed by atoms with Crippen LogP contribution in [0.15, 0.2) is 24.8 Å². The highest BCUT2D eigenvalue weighted by atomic mass is 16.5. The SMILES string of the molecule is COc1cc(-c2[nH]c3cnc(N4CCNCC4)c(C)c3c2C(C)C)cn2ncnc12. The lowest BCUT2D eigenvalue weighted by Gasteiger charge is -2.29. The first kappa shape index (κ1) is 18.9. The Morgan fingerprint density at radius 1 is 1.17 bits per heavy atom. The molecule has 4 aromatic rings. The highest BCUT2D eigenvalue weighted by Crippen LogP contribution is 2.40. The summed E-state index contributed by atoms with van der Waals surface area (Å²) in [7, 11) is 1.66. The van der Waals surface area contributed by atoms with Crippen LogP contribution in [0.5, 0.6) is 5.75 Å². The largest absolute Gasteiger partial charge is 0.493 e. The lowest BCUT2D eigenvalue weighted by Crippen LogP contribution is -2.44. The molecule has 5 heterocycles. The molecule has 0 aliphatic carbocycles. The molecule has 5 rings (SSSR count).